The van der Waals surface area contributed by atoms with Crippen molar-refractivity contribution < 1.29 is 9.47 Å². The molecule has 2 heterocycles. The monoisotopic (exact) mass is 634 g/mol. The van der Waals surface area contributed by atoms with Gasteiger partial charge in [0, 0.05) is 21.3 Å². The molecule has 4 rings (SSSR count). The predicted octanol–water partition coefficient (Wildman–Crippen LogP) is 10.0. The average Bonchev–Trinajstić information content (AvgIpc) is 3.65. The first-order valence-electron chi connectivity index (χ1n) is 8.59. The van der Waals surface area contributed by atoms with Crippen molar-refractivity contribution in [3.8, 4) is 0 Å². The van der Waals surface area contributed by atoms with Gasteiger partial charge in [0.15, 0.2) is 0 Å². The van der Waals surface area contributed by atoms with Crippen molar-refractivity contribution in [2.45, 2.75) is 31.8 Å². The van der Waals surface area contributed by atoms with E-state index < -0.39 is 0 Å². The molecular formula is C18H10Cl8O2S3. The molecule has 0 aliphatic carbocycles. The summed E-state index contributed by atoms with van der Waals surface area (Å²) in [5.74, 6) is 1.40. The minimum atomic E-state index is 0.188. The first-order chi connectivity index (χ1) is 14.7. The van der Waals surface area contributed by atoms with Crippen LogP contribution in [-0.4, -0.2) is 36.9 Å². The highest BCUT2D eigenvalue weighted by atomic mass is 35.5. The van der Waals surface area contributed by atoms with Crippen molar-refractivity contribution in [2.75, 3.05) is 24.7 Å². The molecule has 2 atom stereocenters. The number of epoxide rings is 2. The first-order valence-corrected chi connectivity index (χ1v) is 14.4. The van der Waals surface area contributed by atoms with Crippen molar-refractivity contribution in [1.29, 1.82) is 0 Å². The number of hydrogen-bond donors (Lipinski definition) is 0. The second kappa shape index (κ2) is 10.8. The summed E-state index contributed by atoms with van der Waals surface area (Å²) in [4.78, 5) is 2.02. The quantitative estimate of drug-likeness (QED) is 0.163. The summed E-state index contributed by atoms with van der Waals surface area (Å²) in [7, 11) is 0. The van der Waals surface area contributed by atoms with E-state index in [1.54, 1.807) is 0 Å². The van der Waals surface area contributed by atoms with Gasteiger partial charge in [0.05, 0.1) is 75.4 Å². The Balaban J connectivity index is 1.68. The Morgan fingerprint density at radius 3 is 1.03 bits per heavy atom. The van der Waals surface area contributed by atoms with Gasteiger partial charge in [-0.15, -0.1) is 23.5 Å². The van der Waals surface area contributed by atoms with Crippen molar-refractivity contribution in [2.24, 2.45) is 0 Å². The molecule has 0 bridgehead atoms. The molecule has 2 aliphatic heterocycles. The number of halogens is 8. The maximum absolute atomic E-state index is 6.55. The standard InChI is InChI=1S/C18H10Cl8O2S3/c19-7-11(23)17(12(24)8(20)15(7)29-3-5-1-27-5)31-18-13(25)9(21)16(10(22)14(18)26)30-4-6-2-28-6/h5-6H,1-4H2. The third-order valence-corrected chi connectivity index (χ3v) is 12.2. The Morgan fingerprint density at radius 1 is 0.516 bits per heavy atom. The fourth-order valence-electron chi connectivity index (χ4n) is 2.40. The van der Waals surface area contributed by atoms with Crippen molar-refractivity contribution in [1.82, 2.24) is 0 Å². The van der Waals surface area contributed by atoms with Gasteiger partial charge < -0.3 is 9.47 Å². The predicted molar refractivity (Wildman–Crippen MR) is 138 cm³/mol. The van der Waals surface area contributed by atoms with Crippen LogP contribution >= 0.6 is 128 Å². The van der Waals surface area contributed by atoms with Gasteiger partial charge in [-0.25, -0.2) is 0 Å². The molecule has 2 aromatic carbocycles. The molecule has 0 N–H and O–H groups in total. The molecule has 2 nitrogen and oxygen atoms in total. The lowest BCUT2D eigenvalue weighted by Gasteiger charge is -2.18. The Morgan fingerprint density at radius 2 is 0.774 bits per heavy atom. The summed E-state index contributed by atoms with van der Waals surface area (Å²) in [6.45, 7) is 1.44. The second-order valence-corrected chi connectivity index (χ2v) is 12.6. The van der Waals surface area contributed by atoms with Gasteiger partial charge in [0.1, 0.15) is 0 Å². The number of thioether (sulfide) groups is 2. The van der Waals surface area contributed by atoms with Crippen LogP contribution in [0, 0.1) is 0 Å². The van der Waals surface area contributed by atoms with Crippen LogP contribution in [0.15, 0.2) is 19.6 Å². The molecule has 31 heavy (non-hydrogen) atoms. The summed E-state index contributed by atoms with van der Waals surface area (Å²) in [5, 5.41) is 2.15. The van der Waals surface area contributed by atoms with E-state index in [-0.39, 0.29) is 32.3 Å². The highest BCUT2D eigenvalue weighted by Crippen LogP contribution is 2.56. The van der Waals surface area contributed by atoms with Crippen molar-refractivity contribution in [3.05, 3.63) is 40.2 Å². The Kier molecular flexibility index (Phi) is 8.97. The van der Waals surface area contributed by atoms with E-state index in [4.69, 9.17) is 102 Å². The van der Waals surface area contributed by atoms with Crippen LogP contribution in [-0.2, 0) is 9.47 Å². The number of rotatable bonds is 8. The topological polar surface area (TPSA) is 25.1 Å². The zero-order valence-corrected chi connectivity index (χ0v) is 23.5. The van der Waals surface area contributed by atoms with E-state index in [2.05, 4.69) is 0 Å². The van der Waals surface area contributed by atoms with Crippen LogP contribution in [0.3, 0.4) is 0 Å². The minimum absolute atomic E-state index is 0.188. The van der Waals surface area contributed by atoms with Gasteiger partial charge in [-0.2, -0.15) is 0 Å². The molecule has 13 heteroatoms. The Hall–Kier alpha value is 1.73. The van der Waals surface area contributed by atoms with Gasteiger partial charge in [0.2, 0.25) is 0 Å². The summed E-state index contributed by atoms with van der Waals surface area (Å²) in [6, 6.07) is 0. The van der Waals surface area contributed by atoms with E-state index in [1.807, 2.05) is 0 Å². The Bertz CT molecular complexity index is 904. The van der Waals surface area contributed by atoms with Gasteiger partial charge in [0.25, 0.3) is 0 Å². The summed E-state index contributed by atoms with van der Waals surface area (Å²) >= 11 is 56.2. The van der Waals surface area contributed by atoms with E-state index in [0.29, 0.717) is 51.2 Å². The van der Waals surface area contributed by atoms with Crippen molar-refractivity contribution in [3.63, 3.8) is 0 Å². The molecule has 2 saturated heterocycles. The van der Waals surface area contributed by atoms with E-state index in [0.717, 1.165) is 25.0 Å². The smallest absolute Gasteiger partial charge is 0.0903 e. The maximum atomic E-state index is 6.55. The summed E-state index contributed by atoms with van der Waals surface area (Å²) < 4.78 is 10.5. The number of benzene rings is 2. The molecule has 2 fully saturated rings. The van der Waals surface area contributed by atoms with Crippen molar-refractivity contribution >= 4 is 128 Å². The lowest BCUT2D eigenvalue weighted by Crippen LogP contribution is -1.94. The first kappa shape index (κ1) is 25.8. The molecule has 0 saturated carbocycles. The SMILES string of the molecule is Clc1c(Cl)c(Sc2c(Cl)c(Cl)c(SCC3CO3)c(Cl)c2Cl)c(Cl)c(Cl)c1SCC1CO1. The molecule has 0 spiro atoms. The molecule has 0 aromatic heterocycles. The molecule has 0 amide bonds. The lowest BCUT2D eigenvalue weighted by molar-refractivity contribution is 0.426. The summed E-state index contributed by atoms with van der Waals surface area (Å²) in [6.07, 6.45) is 0.377. The summed E-state index contributed by atoms with van der Waals surface area (Å²) in [5.41, 5.74) is 0. The molecular weight excluding hydrogens is 628 g/mol. The van der Waals surface area contributed by atoms with E-state index in [9.17, 15) is 0 Å². The second-order valence-electron chi connectivity index (χ2n) is 6.46. The van der Waals surface area contributed by atoms with Gasteiger partial charge >= 0.3 is 0 Å². The molecule has 168 valence electrons. The number of hydrogen-bond acceptors (Lipinski definition) is 5. The largest absolute Gasteiger partial charge is 0.372 e. The molecule has 2 aliphatic rings. The average molecular weight is 638 g/mol. The van der Waals surface area contributed by atoms with Crippen LogP contribution in [0.5, 0.6) is 0 Å². The lowest BCUT2D eigenvalue weighted by atomic mass is 10.3. The van der Waals surface area contributed by atoms with Crippen LogP contribution < -0.4 is 0 Å². The highest BCUT2D eigenvalue weighted by molar-refractivity contribution is 8.00. The maximum Gasteiger partial charge on any atom is 0.0903 e. The van der Waals surface area contributed by atoms with Crippen LogP contribution in [0.1, 0.15) is 0 Å². The van der Waals surface area contributed by atoms with Crippen LogP contribution in [0.4, 0.5) is 0 Å². The van der Waals surface area contributed by atoms with Crippen LogP contribution in [0.25, 0.3) is 0 Å². The van der Waals surface area contributed by atoms with E-state index >= 15 is 0 Å². The molecule has 0 radical (unpaired) electrons. The third kappa shape index (κ3) is 5.77. The van der Waals surface area contributed by atoms with Gasteiger partial charge in [-0.1, -0.05) is 105 Å². The fraction of sp³-hybridized carbons (Fsp3) is 0.333. The zero-order valence-electron chi connectivity index (χ0n) is 15.0. The minimum Gasteiger partial charge on any atom is -0.372 e. The molecule has 2 aromatic rings. The van der Waals surface area contributed by atoms with Crippen LogP contribution in [0.2, 0.25) is 40.2 Å². The number of ether oxygens (including phenoxy) is 2. The molecule has 2 unspecified atom stereocenters. The normalized spacial score (nSPS) is 19.7. The third-order valence-electron chi connectivity index (χ3n) is 4.20. The Labute approximate surface area is 232 Å². The van der Waals surface area contributed by atoms with E-state index in [1.165, 1.54) is 23.5 Å². The van der Waals surface area contributed by atoms with Gasteiger partial charge in [-0.05, 0) is 0 Å². The highest BCUT2D eigenvalue weighted by Gasteiger charge is 2.29. The fourth-order valence-corrected chi connectivity index (χ4v) is 8.65. The zero-order chi connectivity index (χ0) is 22.4. The van der Waals surface area contributed by atoms with Gasteiger partial charge in [-0.3, -0.25) is 0 Å².